The molecule has 0 bridgehead atoms. The van der Waals surface area contributed by atoms with E-state index in [2.05, 4.69) is 33.9 Å². The standard InChI is InChI=1S/C7H15N5S/c1-6(13-3)4-8-5-7-9-11-12(2)10-7/h6,8H,4-5H2,1-3H3. The molecule has 74 valence electrons. The van der Waals surface area contributed by atoms with Crippen LogP contribution in [0.25, 0.3) is 0 Å². The summed E-state index contributed by atoms with van der Waals surface area (Å²) in [6.45, 7) is 3.85. The fourth-order valence-corrected chi connectivity index (χ4v) is 1.15. The maximum atomic E-state index is 4.06. The second-order valence-corrected chi connectivity index (χ2v) is 4.15. The first kappa shape index (κ1) is 10.5. The molecule has 0 aliphatic heterocycles. The molecule has 6 heteroatoms. The number of tetrazole rings is 1. The van der Waals surface area contributed by atoms with Gasteiger partial charge in [0.15, 0.2) is 5.82 Å². The van der Waals surface area contributed by atoms with Gasteiger partial charge in [-0.2, -0.15) is 16.6 Å². The van der Waals surface area contributed by atoms with Crippen molar-refractivity contribution in [3.8, 4) is 0 Å². The summed E-state index contributed by atoms with van der Waals surface area (Å²) in [6, 6.07) is 0. The lowest BCUT2D eigenvalue weighted by Crippen LogP contribution is -2.22. The van der Waals surface area contributed by atoms with E-state index in [0.29, 0.717) is 11.8 Å². The molecule has 0 aliphatic carbocycles. The van der Waals surface area contributed by atoms with E-state index in [0.717, 1.165) is 12.4 Å². The van der Waals surface area contributed by atoms with E-state index < -0.39 is 0 Å². The molecule has 13 heavy (non-hydrogen) atoms. The number of aromatic nitrogens is 4. The van der Waals surface area contributed by atoms with Crippen LogP contribution >= 0.6 is 11.8 Å². The fourth-order valence-electron chi connectivity index (χ4n) is 0.865. The Labute approximate surface area is 82.3 Å². The zero-order valence-corrected chi connectivity index (χ0v) is 9.01. The number of thioether (sulfide) groups is 1. The first-order chi connectivity index (χ1) is 6.22. The minimum atomic E-state index is 0.622. The molecule has 0 aliphatic rings. The van der Waals surface area contributed by atoms with Crippen LogP contribution in [-0.2, 0) is 13.6 Å². The molecular formula is C7H15N5S. The topological polar surface area (TPSA) is 55.6 Å². The van der Waals surface area contributed by atoms with Crippen LogP contribution in [0.4, 0.5) is 0 Å². The average molecular weight is 201 g/mol. The number of hydrogen-bond acceptors (Lipinski definition) is 5. The quantitative estimate of drug-likeness (QED) is 0.729. The van der Waals surface area contributed by atoms with Gasteiger partial charge in [-0.25, -0.2) is 0 Å². The summed E-state index contributed by atoms with van der Waals surface area (Å²) in [6.07, 6.45) is 2.10. The van der Waals surface area contributed by atoms with E-state index in [1.54, 1.807) is 7.05 Å². The Bertz CT molecular complexity index is 249. The largest absolute Gasteiger partial charge is 0.309 e. The highest BCUT2D eigenvalue weighted by Crippen LogP contribution is 2.02. The summed E-state index contributed by atoms with van der Waals surface area (Å²) in [5, 5.41) is 15.6. The SMILES string of the molecule is CSC(C)CNCc1nnn(C)n1. The monoisotopic (exact) mass is 201 g/mol. The summed E-state index contributed by atoms with van der Waals surface area (Å²) >= 11 is 1.84. The molecule has 0 saturated carbocycles. The molecule has 1 aromatic rings. The molecule has 5 nitrogen and oxygen atoms in total. The zero-order valence-electron chi connectivity index (χ0n) is 8.19. The third kappa shape index (κ3) is 3.73. The number of hydrogen-bond donors (Lipinski definition) is 1. The first-order valence-electron chi connectivity index (χ1n) is 4.18. The highest BCUT2D eigenvalue weighted by molar-refractivity contribution is 7.99. The molecule has 0 radical (unpaired) electrons. The summed E-state index contributed by atoms with van der Waals surface area (Å²) in [5.74, 6) is 0.746. The molecule has 1 heterocycles. The van der Waals surface area contributed by atoms with E-state index in [-0.39, 0.29) is 0 Å². The molecule has 0 aromatic carbocycles. The number of aryl methyl sites for hydroxylation is 1. The summed E-state index contributed by atoms with van der Waals surface area (Å²) in [4.78, 5) is 1.47. The lowest BCUT2D eigenvalue weighted by atomic mass is 10.4. The van der Waals surface area contributed by atoms with E-state index >= 15 is 0 Å². The Kier molecular flexibility index (Phi) is 4.17. The van der Waals surface area contributed by atoms with Crippen molar-refractivity contribution in [2.75, 3.05) is 12.8 Å². The average Bonchev–Trinajstić information content (AvgIpc) is 2.51. The number of rotatable bonds is 5. The normalized spacial score (nSPS) is 13.2. The van der Waals surface area contributed by atoms with Crippen molar-refractivity contribution >= 4 is 11.8 Å². The van der Waals surface area contributed by atoms with Crippen LogP contribution in [0.15, 0.2) is 0 Å². The number of nitrogens with one attached hydrogen (secondary N) is 1. The molecule has 0 fully saturated rings. The van der Waals surface area contributed by atoms with Gasteiger partial charge in [0, 0.05) is 11.8 Å². The van der Waals surface area contributed by atoms with E-state index in [1.807, 2.05) is 11.8 Å². The third-order valence-electron chi connectivity index (χ3n) is 1.67. The van der Waals surface area contributed by atoms with Crippen molar-refractivity contribution in [2.24, 2.45) is 7.05 Å². The van der Waals surface area contributed by atoms with Crippen LogP contribution < -0.4 is 5.32 Å². The van der Waals surface area contributed by atoms with E-state index in [4.69, 9.17) is 0 Å². The predicted octanol–water partition coefficient (Wildman–Crippen LogP) is 0.0512. The van der Waals surface area contributed by atoms with Gasteiger partial charge in [0.2, 0.25) is 0 Å². The smallest absolute Gasteiger partial charge is 0.188 e. The second kappa shape index (κ2) is 5.18. The Morgan fingerprint density at radius 3 is 2.92 bits per heavy atom. The molecule has 0 saturated heterocycles. The first-order valence-corrected chi connectivity index (χ1v) is 5.47. The van der Waals surface area contributed by atoms with Gasteiger partial charge in [0.1, 0.15) is 0 Å². The van der Waals surface area contributed by atoms with Crippen molar-refractivity contribution in [2.45, 2.75) is 18.7 Å². The molecule has 0 amide bonds. The summed E-state index contributed by atoms with van der Waals surface area (Å²) in [7, 11) is 1.76. The second-order valence-electron chi connectivity index (χ2n) is 2.87. The van der Waals surface area contributed by atoms with Crippen LogP contribution in [0.1, 0.15) is 12.7 Å². The van der Waals surface area contributed by atoms with Crippen LogP contribution in [0.2, 0.25) is 0 Å². The van der Waals surface area contributed by atoms with Gasteiger partial charge in [-0.3, -0.25) is 0 Å². The molecular weight excluding hydrogens is 186 g/mol. The fraction of sp³-hybridized carbons (Fsp3) is 0.857. The maximum absolute atomic E-state index is 4.06. The molecule has 1 rings (SSSR count). The molecule has 1 atom stereocenters. The number of nitrogens with zero attached hydrogens (tertiary/aromatic N) is 4. The van der Waals surface area contributed by atoms with Crippen molar-refractivity contribution in [3.63, 3.8) is 0 Å². The maximum Gasteiger partial charge on any atom is 0.188 e. The van der Waals surface area contributed by atoms with Crippen molar-refractivity contribution in [1.29, 1.82) is 0 Å². The molecule has 1 N–H and O–H groups in total. The van der Waals surface area contributed by atoms with E-state index in [1.165, 1.54) is 4.80 Å². The van der Waals surface area contributed by atoms with Gasteiger partial charge >= 0.3 is 0 Å². The van der Waals surface area contributed by atoms with Gasteiger partial charge in [-0.05, 0) is 11.5 Å². The van der Waals surface area contributed by atoms with Gasteiger partial charge in [0.25, 0.3) is 0 Å². The van der Waals surface area contributed by atoms with Gasteiger partial charge in [-0.1, -0.05) is 6.92 Å². The van der Waals surface area contributed by atoms with Gasteiger partial charge < -0.3 is 5.32 Å². The van der Waals surface area contributed by atoms with Crippen molar-refractivity contribution in [3.05, 3.63) is 5.82 Å². The highest BCUT2D eigenvalue weighted by atomic mass is 32.2. The van der Waals surface area contributed by atoms with E-state index in [9.17, 15) is 0 Å². The lowest BCUT2D eigenvalue weighted by Gasteiger charge is -2.07. The Hall–Kier alpha value is -0.620. The molecule has 1 unspecified atom stereocenters. The van der Waals surface area contributed by atoms with Crippen molar-refractivity contribution < 1.29 is 0 Å². The van der Waals surface area contributed by atoms with Crippen LogP contribution in [0.5, 0.6) is 0 Å². The molecule has 0 spiro atoms. The van der Waals surface area contributed by atoms with Crippen molar-refractivity contribution in [1.82, 2.24) is 25.5 Å². The minimum Gasteiger partial charge on any atom is -0.309 e. The zero-order chi connectivity index (χ0) is 9.68. The highest BCUT2D eigenvalue weighted by Gasteiger charge is 2.01. The summed E-state index contributed by atoms with van der Waals surface area (Å²) < 4.78 is 0. The third-order valence-corrected chi connectivity index (χ3v) is 2.64. The van der Waals surface area contributed by atoms with Gasteiger partial charge in [0.05, 0.1) is 13.6 Å². The summed E-state index contributed by atoms with van der Waals surface area (Å²) in [5.41, 5.74) is 0. The van der Waals surface area contributed by atoms with Crippen LogP contribution in [0.3, 0.4) is 0 Å². The van der Waals surface area contributed by atoms with Crippen LogP contribution in [-0.4, -0.2) is 38.3 Å². The van der Waals surface area contributed by atoms with Gasteiger partial charge in [-0.15, -0.1) is 10.2 Å². The Balaban J connectivity index is 2.20. The minimum absolute atomic E-state index is 0.622. The van der Waals surface area contributed by atoms with Crippen LogP contribution in [0, 0.1) is 0 Å². The predicted molar refractivity (Wildman–Crippen MR) is 53.5 cm³/mol. The Morgan fingerprint density at radius 2 is 2.38 bits per heavy atom. The molecule has 1 aromatic heterocycles. The lowest BCUT2D eigenvalue weighted by molar-refractivity contribution is 0.619. The Morgan fingerprint density at radius 1 is 1.62 bits per heavy atom.